The van der Waals surface area contributed by atoms with Crippen LogP contribution in [0.15, 0.2) is 12.3 Å². The third kappa shape index (κ3) is 1.88. The average Bonchev–Trinajstić information content (AvgIpc) is 2.31. The topological polar surface area (TPSA) is 41.8 Å². The molecule has 0 saturated heterocycles. The van der Waals surface area contributed by atoms with E-state index in [0.29, 0.717) is 0 Å². The number of aromatic nitrogens is 1. The third-order valence-corrected chi connectivity index (χ3v) is 1.56. The highest BCUT2D eigenvalue weighted by molar-refractivity contribution is 5.15. The van der Waals surface area contributed by atoms with Crippen molar-refractivity contribution in [2.24, 2.45) is 5.73 Å². The fraction of sp³-hybridized carbons (Fsp3) is 0.500. The highest BCUT2D eigenvalue weighted by Gasteiger charge is 1.92. The maximum Gasteiger partial charge on any atom is 0.0118 e. The number of nitrogens with one attached hydrogen (secondary N) is 1. The lowest BCUT2D eigenvalue weighted by Crippen LogP contribution is -1.99. The second-order valence-corrected chi connectivity index (χ2v) is 2.58. The largest absolute Gasteiger partial charge is 0.365 e. The molecule has 10 heavy (non-hydrogen) atoms. The lowest BCUT2D eigenvalue weighted by Gasteiger charge is -1.91. The van der Waals surface area contributed by atoms with Crippen molar-refractivity contribution < 1.29 is 0 Å². The molecule has 0 amide bonds. The molecule has 2 heteroatoms. The molecule has 3 N–H and O–H groups in total. The van der Waals surface area contributed by atoms with Crippen molar-refractivity contribution in [3.8, 4) is 0 Å². The summed E-state index contributed by atoms with van der Waals surface area (Å²) >= 11 is 0. The molecule has 0 saturated carbocycles. The van der Waals surface area contributed by atoms with Gasteiger partial charge in [-0.05, 0) is 37.9 Å². The van der Waals surface area contributed by atoms with Gasteiger partial charge in [0.15, 0.2) is 0 Å². The summed E-state index contributed by atoms with van der Waals surface area (Å²) in [4.78, 5) is 3.14. The molecule has 2 nitrogen and oxygen atoms in total. The van der Waals surface area contributed by atoms with Gasteiger partial charge in [0.25, 0.3) is 0 Å². The van der Waals surface area contributed by atoms with Crippen molar-refractivity contribution in [3.05, 3.63) is 23.5 Å². The zero-order valence-corrected chi connectivity index (χ0v) is 6.35. The molecule has 1 rings (SSSR count). The van der Waals surface area contributed by atoms with Crippen LogP contribution in [0.25, 0.3) is 0 Å². The lowest BCUT2D eigenvalue weighted by molar-refractivity contribution is 0.833. The van der Waals surface area contributed by atoms with E-state index in [0.717, 1.165) is 19.4 Å². The predicted molar refractivity (Wildman–Crippen MR) is 42.9 cm³/mol. The summed E-state index contributed by atoms with van der Waals surface area (Å²) < 4.78 is 0. The molecule has 1 aromatic heterocycles. The molecule has 0 aliphatic rings. The van der Waals surface area contributed by atoms with Crippen molar-refractivity contribution in [1.29, 1.82) is 0 Å². The summed E-state index contributed by atoms with van der Waals surface area (Å²) in [5, 5.41) is 0. The Labute approximate surface area is 61.4 Å². The summed E-state index contributed by atoms with van der Waals surface area (Å²) in [6, 6.07) is 2.16. The summed E-state index contributed by atoms with van der Waals surface area (Å²) in [7, 11) is 0. The minimum Gasteiger partial charge on any atom is -0.365 e. The number of nitrogens with two attached hydrogens (primary N) is 1. The van der Waals surface area contributed by atoms with Crippen molar-refractivity contribution in [2.45, 2.75) is 19.8 Å². The van der Waals surface area contributed by atoms with Crippen LogP contribution in [0, 0.1) is 6.92 Å². The Morgan fingerprint density at radius 1 is 1.60 bits per heavy atom. The normalized spacial score (nSPS) is 10.2. The number of aromatic amines is 1. The molecule has 0 aliphatic carbocycles. The predicted octanol–water partition coefficient (Wildman–Crippen LogP) is 1.21. The Morgan fingerprint density at radius 2 is 2.40 bits per heavy atom. The molecule has 0 aliphatic heterocycles. The Hall–Kier alpha value is -0.760. The van der Waals surface area contributed by atoms with Gasteiger partial charge in [0.2, 0.25) is 0 Å². The second kappa shape index (κ2) is 3.42. The van der Waals surface area contributed by atoms with Gasteiger partial charge in [-0.15, -0.1) is 0 Å². The van der Waals surface area contributed by atoms with E-state index in [9.17, 15) is 0 Å². The van der Waals surface area contributed by atoms with Crippen LogP contribution in [-0.2, 0) is 6.42 Å². The van der Waals surface area contributed by atoms with Gasteiger partial charge in [0, 0.05) is 11.9 Å². The Kier molecular flexibility index (Phi) is 2.51. The van der Waals surface area contributed by atoms with Gasteiger partial charge in [-0.3, -0.25) is 0 Å². The summed E-state index contributed by atoms with van der Waals surface area (Å²) in [6.07, 6.45) is 4.23. The molecule has 0 unspecified atom stereocenters. The number of aryl methyl sites for hydroxylation is 2. The SMILES string of the molecule is Cc1cc(CCCN)c[nH]1. The van der Waals surface area contributed by atoms with Gasteiger partial charge in [-0.25, -0.2) is 0 Å². The first kappa shape index (κ1) is 7.35. The molecule has 56 valence electrons. The van der Waals surface area contributed by atoms with Gasteiger partial charge >= 0.3 is 0 Å². The van der Waals surface area contributed by atoms with Crippen LogP contribution in [0.4, 0.5) is 0 Å². The van der Waals surface area contributed by atoms with E-state index >= 15 is 0 Å². The molecule has 0 bridgehead atoms. The lowest BCUT2D eigenvalue weighted by atomic mass is 10.2. The van der Waals surface area contributed by atoms with Crippen LogP contribution in [0.5, 0.6) is 0 Å². The minimum atomic E-state index is 0.782. The van der Waals surface area contributed by atoms with Gasteiger partial charge in [-0.2, -0.15) is 0 Å². The maximum atomic E-state index is 5.37. The Bertz CT molecular complexity index is 191. The van der Waals surface area contributed by atoms with Crippen LogP contribution >= 0.6 is 0 Å². The number of H-pyrrole nitrogens is 1. The van der Waals surface area contributed by atoms with E-state index in [1.54, 1.807) is 0 Å². The molecule has 0 aromatic carbocycles. The quantitative estimate of drug-likeness (QED) is 0.647. The van der Waals surface area contributed by atoms with Crippen molar-refractivity contribution in [2.75, 3.05) is 6.54 Å². The summed E-state index contributed by atoms with van der Waals surface area (Å²) in [5.41, 5.74) is 7.97. The van der Waals surface area contributed by atoms with Crippen LogP contribution in [0.1, 0.15) is 17.7 Å². The molecule has 0 fully saturated rings. The van der Waals surface area contributed by atoms with E-state index < -0.39 is 0 Å². The highest BCUT2D eigenvalue weighted by atomic mass is 14.7. The molecular formula is C8H14N2. The first-order valence-corrected chi connectivity index (χ1v) is 3.67. The van der Waals surface area contributed by atoms with Crippen LogP contribution < -0.4 is 5.73 Å². The molecule has 1 heterocycles. The number of hydrogen-bond acceptors (Lipinski definition) is 1. The Balaban J connectivity index is 2.42. The first-order chi connectivity index (χ1) is 4.83. The zero-order valence-electron chi connectivity index (χ0n) is 6.35. The molecule has 0 radical (unpaired) electrons. The number of hydrogen-bond donors (Lipinski definition) is 2. The van der Waals surface area contributed by atoms with Crippen LogP contribution in [0.3, 0.4) is 0 Å². The molecule has 0 atom stereocenters. The Morgan fingerprint density at radius 3 is 2.90 bits per heavy atom. The van der Waals surface area contributed by atoms with E-state index in [4.69, 9.17) is 5.73 Å². The van der Waals surface area contributed by atoms with Crippen molar-refractivity contribution >= 4 is 0 Å². The summed E-state index contributed by atoms with van der Waals surface area (Å²) in [6.45, 7) is 2.84. The maximum absolute atomic E-state index is 5.37. The first-order valence-electron chi connectivity index (χ1n) is 3.67. The summed E-state index contributed by atoms with van der Waals surface area (Å²) in [5.74, 6) is 0. The van der Waals surface area contributed by atoms with Crippen molar-refractivity contribution in [1.82, 2.24) is 4.98 Å². The van der Waals surface area contributed by atoms with Gasteiger partial charge in [0.05, 0.1) is 0 Å². The van der Waals surface area contributed by atoms with Gasteiger partial charge in [-0.1, -0.05) is 0 Å². The molecule has 0 spiro atoms. The van der Waals surface area contributed by atoms with Gasteiger partial charge < -0.3 is 10.7 Å². The molecule has 1 aromatic rings. The number of rotatable bonds is 3. The van der Waals surface area contributed by atoms with E-state index in [1.807, 2.05) is 6.20 Å². The van der Waals surface area contributed by atoms with Gasteiger partial charge in [0.1, 0.15) is 0 Å². The van der Waals surface area contributed by atoms with Crippen LogP contribution in [-0.4, -0.2) is 11.5 Å². The average molecular weight is 138 g/mol. The second-order valence-electron chi connectivity index (χ2n) is 2.58. The monoisotopic (exact) mass is 138 g/mol. The van der Waals surface area contributed by atoms with E-state index in [2.05, 4.69) is 18.0 Å². The molecular weight excluding hydrogens is 124 g/mol. The fourth-order valence-electron chi connectivity index (χ4n) is 1.02. The standard InChI is InChI=1S/C8H14N2/c1-7-5-8(6-10-7)3-2-4-9/h5-6,10H,2-4,9H2,1H3. The minimum absolute atomic E-state index is 0.782. The van der Waals surface area contributed by atoms with E-state index in [1.165, 1.54) is 11.3 Å². The smallest absolute Gasteiger partial charge is 0.0118 e. The van der Waals surface area contributed by atoms with E-state index in [-0.39, 0.29) is 0 Å². The highest BCUT2D eigenvalue weighted by Crippen LogP contribution is 2.03. The van der Waals surface area contributed by atoms with Crippen molar-refractivity contribution in [3.63, 3.8) is 0 Å². The fourth-order valence-corrected chi connectivity index (χ4v) is 1.02. The van der Waals surface area contributed by atoms with Crippen LogP contribution in [0.2, 0.25) is 0 Å². The zero-order chi connectivity index (χ0) is 7.40. The third-order valence-electron chi connectivity index (χ3n) is 1.56.